The van der Waals surface area contributed by atoms with E-state index >= 15 is 0 Å². The number of carbonyl (C=O) groups is 2. The average Bonchev–Trinajstić information content (AvgIpc) is 2.84. The number of amides is 1. The largest absolute Gasteiger partial charge is 0.418 e. The van der Waals surface area contributed by atoms with Crippen molar-refractivity contribution in [1.82, 2.24) is 0 Å². The second kappa shape index (κ2) is 11.1. The Balaban J connectivity index is 1.50. The molecule has 1 N–H and O–H groups in total. The van der Waals surface area contributed by atoms with E-state index in [-0.39, 0.29) is 29.8 Å². The van der Waals surface area contributed by atoms with Gasteiger partial charge in [-0.3, -0.25) is 9.59 Å². The molecule has 0 saturated carbocycles. The first-order valence-corrected chi connectivity index (χ1v) is 11.8. The third-order valence-corrected chi connectivity index (χ3v) is 6.10. The summed E-state index contributed by atoms with van der Waals surface area (Å²) < 4.78 is 61.5. The predicted molar refractivity (Wildman–Crippen MR) is 132 cm³/mol. The molecule has 194 valence electrons. The lowest BCUT2D eigenvalue weighted by Gasteiger charge is -2.29. The highest BCUT2D eigenvalue weighted by Crippen LogP contribution is 2.36. The van der Waals surface area contributed by atoms with Gasteiger partial charge in [0, 0.05) is 31.6 Å². The van der Waals surface area contributed by atoms with Gasteiger partial charge in [-0.15, -0.1) is 0 Å². The number of benzene rings is 3. The van der Waals surface area contributed by atoms with E-state index in [1.165, 1.54) is 18.2 Å². The smallest absolute Gasteiger partial charge is 0.378 e. The predicted octanol–water partition coefficient (Wildman–Crippen LogP) is 5.60. The van der Waals surface area contributed by atoms with E-state index in [1.807, 2.05) is 30.0 Å². The van der Waals surface area contributed by atoms with E-state index in [0.29, 0.717) is 32.0 Å². The summed E-state index contributed by atoms with van der Waals surface area (Å²) in [4.78, 5) is 27.1. The van der Waals surface area contributed by atoms with Crippen LogP contribution in [-0.2, 0) is 28.5 Å². The Kier molecular flexibility index (Phi) is 7.92. The Morgan fingerprint density at radius 3 is 2.30 bits per heavy atom. The van der Waals surface area contributed by atoms with Crippen LogP contribution in [-0.4, -0.2) is 38.0 Å². The number of nitrogens with one attached hydrogen (secondary N) is 1. The molecule has 1 saturated heterocycles. The molecule has 4 rings (SSSR count). The SMILES string of the molecule is Cc1cccc(CC(=O)Cc2ccc(NC(=O)c3ccc(N4CCOCC4)cc3F)c(C(F)(F)F)c2)c1. The Morgan fingerprint density at radius 2 is 1.65 bits per heavy atom. The van der Waals surface area contributed by atoms with Gasteiger partial charge in [-0.1, -0.05) is 35.9 Å². The third-order valence-electron chi connectivity index (χ3n) is 6.10. The zero-order chi connectivity index (χ0) is 26.6. The van der Waals surface area contributed by atoms with Crippen LogP contribution in [0.4, 0.5) is 28.9 Å². The van der Waals surface area contributed by atoms with Gasteiger partial charge < -0.3 is 15.0 Å². The van der Waals surface area contributed by atoms with Crippen LogP contribution in [0.5, 0.6) is 0 Å². The Morgan fingerprint density at radius 1 is 0.946 bits per heavy atom. The van der Waals surface area contributed by atoms with Crippen LogP contribution in [0.15, 0.2) is 60.7 Å². The quantitative estimate of drug-likeness (QED) is 0.418. The highest BCUT2D eigenvalue weighted by Gasteiger charge is 2.34. The van der Waals surface area contributed by atoms with Crippen LogP contribution in [0, 0.1) is 12.7 Å². The van der Waals surface area contributed by atoms with Crippen LogP contribution >= 0.6 is 0 Å². The fourth-order valence-corrected chi connectivity index (χ4v) is 4.28. The zero-order valence-electron chi connectivity index (χ0n) is 20.2. The number of anilines is 2. The van der Waals surface area contributed by atoms with Gasteiger partial charge in [0.25, 0.3) is 5.91 Å². The van der Waals surface area contributed by atoms with Crippen molar-refractivity contribution in [3.05, 3.63) is 94.3 Å². The molecule has 5 nitrogen and oxygen atoms in total. The minimum absolute atomic E-state index is 0.0985. The van der Waals surface area contributed by atoms with Crippen LogP contribution in [0.25, 0.3) is 0 Å². The maximum atomic E-state index is 14.7. The molecule has 0 bridgehead atoms. The number of Topliss-reactive ketones (excluding diaryl/α,β-unsaturated/α-hetero) is 1. The number of ketones is 1. The van der Waals surface area contributed by atoms with Gasteiger partial charge in [-0.25, -0.2) is 4.39 Å². The first kappa shape index (κ1) is 26.3. The summed E-state index contributed by atoms with van der Waals surface area (Å²) in [5.41, 5.74) is 0.513. The van der Waals surface area contributed by atoms with Gasteiger partial charge in [-0.2, -0.15) is 13.2 Å². The molecule has 1 aliphatic heterocycles. The first-order chi connectivity index (χ1) is 17.6. The van der Waals surface area contributed by atoms with Crippen LogP contribution in [0.1, 0.15) is 32.6 Å². The van der Waals surface area contributed by atoms with E-state index in [2.05, 4.69) is 5.32 Å². The molecule has 1 amide bonds. The number of carbonyl (C=O) groups excluding carboxylic acids is 2. The number of aryl methyl sites for hydroxylation is 1. The van der Waals surface area contributed by atoms with Crippen molar-refractivity contribution in [3.8, 4) is 0 Å². The number of morpholine rings is 1. The molecule has 1 aliphatic rings. The average molecular weight is 515 g/mol. The van der Waals surface area contributed by atoms with E-state index < -0.39 is 29.2 Å². The van der Waals surface area contributed by atoms with Crippen molar-refractivity contribution in [3.63, 3.8) is 0 Å². The van der Waals surface area contributed by atoms with E-state index in [4.69, 9.17) is 4.74 Å². The van der Waals surface area contributed by atoms with E-state index in [9.17, 15) is 27.2 Å². The number of hydrogen-bond donors (Lipinski definition) is 1. The molecule has 0 unspecified atom stereocenters. The van der Waals surface area contributed by atoms with Crippen LogP contribution < -0.4 is 10.2 Å². The van der Waals surface area contributed by atoms with E-state index in [0.717, 1.165) is 23.3 Å². The zero-order valence-corrected chi connectivity index (χ0v) is 20.2. The molecule has 0 aliphatic carbocycles. The molecule has 9 heteroatoms. The first-order valence-electron chi connectivity index (χ1n) is 11.8. The maximum Gasteiger partial charge on any atom is 0.418 e. The van der Waals surface area contributed by atoms with Crippen molar-refractivity contribution in [2.75, 3.05) is 36.5 Å². The second-order valence-corrected chi connectivity index (χ2v) is 8.98. The number of hydrogen-bond acceptors (Lipinski definition) is 4. The Labute approximate surface area is 212 Å². The number of rotatable bonds is 7. The molecule has 1 heterocycles. The molecule has 0 spiro atoms. The lowest BCUT2D eigenvalue weighted by molar-refractivity contribution is -0.137. The minimum atomic E-state index is -4.79. The lowest BCUT2D eigenvalue weighted by atomic mass is 9.99. The van der Waals surface area contributed by atoms with E-state index in [1.54, 1.807) is 12.1 Å². The van der Waals surface area contributed by atoms with Crippen LogP contribution in [0.3, 0.4) is 0 Å². The summed E-state index contributed by atoms with van der Waals surface area (Å²) in [6, 6.07) is 14.6. The summed E-state index contributed by atoms with van der Waals surface area (Å²) in [5.74, 6) is -2.08. The number of nitrogens with zero attached hydrogens (tertiary/aromatic N) is 1. The van der Waals surface area contributed by atoms with Crippen molar-refractivity contribution in [1.29, 1.82) is 0 Å². The van der Waals surface area contributed by atoms with Gasteiger partial charge in [0.2, 0.25) is 0 Å². The molecular formula is C28H26F4N2O3. The van der Waals surface area contributed by atoms with Gasteiger partial charge >= 0.3 is 6.18 Å². The molecular weight excluding hydrogens is 488 g/mol. The van der Waals surface area contributed by atoms with Gasteiger partial charge in [0.1, 0.15) is 11.6 Å². The fourth-order valence-electron chi connectivity index (χ4n) is 4.28. The highest BCUT2D eigenvalue weighted by atomic mass is 19.4. The Hall–Kier alpha value is -3.72. The standard InChI is InChI=1S/C28H26F4N2O3/c1-18-3-2-4-19(13-18)14-22(35)15-20-5-8-26(24(16-20)28(30,31)32)33-27(36)23-7-6-21(17-25(23)29)34-9-11-37-12-10-34/h2-8,13,16-17H,9-12,14-15H2,1H3,(H,33,36). The molecule has 0 atom stereocenters. The minimum Gasteiger partial charge on any atom is -0.378 e. The maximum absolute atomic E-state index is 14.7. The molecule has 0 aromatic heterocycles. The number of alkyl halides is 3. The monoisotopic (exact) mass is 514 g/mol. The summed E-state index contributed by atoms with van der Waals surface area (Å²) in [6.45, 7) is 4.02. The summed E-state index contributed by atoms with van der Waals surface area (Å²) in [5, 5.41) is 2.18. The molecule has 1 fully saturated rings. The van der Waals surface area contributed by atoms with Crippen molar-refractivity contribution in [2.24, 2.45) is 0 Å². The fraction of sp³-hybridized carbons (Fsp3) is 0.286. The van der Waals surface area contributed by atoms with Crippen molar-refractivity contribution >= 4 is 23.1 Å². The normalized spacial score (nSPS) is 13.9. The van der Waals surface area contributed by atoms with Gasteiger partial charge in [0.15, 0.2) is 0 Å². The summed E-state index contributed by atoms with van der Waals surface area (Å²) >= 11 is 0. The Bertz CT molecular complexity index is 1300. The van der Waals surface area contributed by atoms with Gasteiger partial charge in [-0.05, 0) is 48.4 Å². The second-order valence-electron chi connectivity index (χ2n) is 8.98. The van der Waals surface area contributed by atoms with Gasteiger partial charge in [0.05, 0.1) is 30.0 Å². The summed E-state index contributed by atoms with van der Waals surface area (Å²) in [7, 11) is 0. The van der Waals surface area contributed by atoms with Crippen LogP contribution in [0.2, 0.25) is 0 Å². The third kappa shape index (κ3) is 6.74. The van der Waals surface area contributed by atoms with Crippen molar-refractivity contribution < 1.29 is 31.9 Å². The summed E-state index contributed by atoms with van der Waals surface area (Å²) in [6.07, 6.45) is -4.89. The van der Waals surface area contributed by atoms with Crippen molar-refractivity contribution in [2.45, 2.75) is 25.9 Å². The topological polar surface area (TPSA) is 58.6 Å². The molecule has 37 heavy (non-hydrogen) atoms. The molecule has 3 aromatic carbocycles. The highest BCUT2D eigenvalue weighted by molar-refractivity contribution is 6.05. The molecule has 0 radical (unpaired) electrons. The number of ether oxygens (including phenoxy) is 1. The lowest BCUT2D eigenvalue weighted by Crippen LogP contribution is -2.36. The number of halogens is 4. The molecule has 3 aromatic rings.